The van der Waals surface area contributed by atoms with Gasteiger partial charge in [0.25, 0.3) is 0 Å². The van der Waals surface area contributed by atoms with Gasteiger partial charge in [0, 0.05) is 48.7 Å². The summed E-state index contributed by atoms with van der Waals surface area (Å²) in [6.07, 6.45) is 0.525. The molecule has 3 aromatic rings. The quantitative estimate of drug-likeness (QED) is 0.572. The molecule has 1 aromatic heterocycles. The van der Waals surface area contributed by atoms with Gasteiger partial charge in [-0.25, -0.2) is 17.8 Å². The Hall–Kier alpha value is -2.07. The molecule has 4 rings (SSSR count). The van der Waals surface area contributed by atoms with Gasteiger partial charge in [-0.1, -0.05) is 23.7 Å². The molecule has 1 saturated heterocycles. The second-order valence-electron chi connectivity index (χ2n) is 7.16. The Bertz CT molecular complexity index is 1120. The molecule has 0 radical (unpaired) electrons. The predicted octanol–water partition coefficient (Wildman–Crippen LogP) is 3.82. The summed E-state index contributed by atoms with van der Waals surface area (Å²) >= 11 is 7.17. The number of aromatic nitrogens is 2. The monoisotopic (exact) mass is 466 g/mol. The molecule has 30 heavy (non-hydrogen) atoms. The molecule has 6 nitrogen and oxygen atoms in total. The van der Waals surface area contributed by atoms with Crippen molar-refractivity contribution in [3.8, 4) is 0 Å². The van der Waals surface area contributed by atoms with Crippen molar-refractivity contribution in [3.05, 3.63) is 70.8 Å². The van der Waals surface area contributed by atoms with Gasteiger partial charge in [0.1, 0.15) is 11.6 Å². The fourth-order valence-electron chi connectivity index (χ4n) is 3.44. The Balaban J connectivity index is 1.44. The second kappa shape index (κ2) is 8.58. The lowest BCUT2D eigenvalue weighted by atomic mass is 10.1. The molecule has 0 aliphatic carbocycles. The van der Waals surface area contributed by atoms with Gasteiger partial charge in [-0.3, -0.25) is 0 Å². The fraction of sp³-hybridized carbons (Fsp3) is 0.300. The summed E-state index contributed by atoms with van der Waals surface area (Å²) in [6.45, 7) is 3.30. The summed E-state index contributed by atoms with van der Waals surface area (Å²) in [6, 6.07) is 12.3. The van der Waals surface area contributed by atoms with Gasteiger partial charge >= 0.3 is 0 Å². The van der Waals surface area contributed by atoms with Crippen LogP contribution < -0.4 is 4.90 Å². The van der Waals surface area contributed by atoms with Crippen LogP contribution in [0, 0.1) is 5.82 Å². The lowest BCUT2D eigenvalue weighted by Crippen LogP contribution is -2.54. The maximum Gasteiger partial charge on any atom is 0.243 e. The summed E-state index contributed by atoms with van der Waals surface area (Å²) < 4.78 is 45.0. The number of piperazine rings is 1. The summed E-state index contributed by atoms with van der Waals surface area (Å²) in [4.78, 5) is 6.90. The first kappa shape index (κ1) is 21.2. The van der Waals surface area contributed by atoms with E-state index in [4.69, 9.17) is 11.6 Å². The fourth-order valence-corrected chi connectivity index (χ4v) is 5.90. The average Bonchev–Trinajstić information content (AvgIpc) is 3.18. The first-order valence-corrected chi connectivity index (χ1v) is 12.0. The summed E-state index contributed by atoms with van der Waals surface area (Å²) in [5.74, 6) is 0.400. The normalized spacial score (nSPS) is 18.0. The van der Waals surface area contributed by atoms with Crippen molar-refractivity contribution in [1.29, 1.82) is 0 Å². The van der Waals surface area contributed by atoms with E-state index in [1.807, 2.05) is 6.92 Å². The Morgan fingerprint density at radius 1 is 1.13 bits per heavy atom. The van der Waals surface area contributed by atoms with Gasteiger partial charge < -0.3 is 4.90 Å². The third-order valence-corrected chi connectivity index (χ3v) is 8.08. The zero-order chi connectivity index (χ0) is 21.3. The number of sulfonamides is 1. The Morgan fingerprint density at radius 2 is 1.83 bits per heavy atom. The van der Waals surface area contributed by atoms with Crippen LogP contribution in [0.4, 0.5) is 9.52 Å². The summed E-state index contributed by atoms with van der Waals surface area (Å²) in [7, 11) is -3.59. The van der Waals surface area contributed by atoms with Crippen LogP contribution >= 0.6 is 23.1 Å². The molecule has 1 atom stereocenters. The van der Waals surface area contributed by atoms with E-state index in [1.165, 1.54) is 40.1 Å². The maximum absolute atomic E-state index is 13.1. The van der Waals surface area contributed by atoms with Crippen molar-refractivity contribution in [2.45, 2.75) is 24.3 Å². The van der Waals surface area contributed by atoms with E-state index in [2.05, 4.69) is 14.3 Å². The molecule has 10 heteroatoms. The van der Waals surface area contributed by atoms with Crippen molar-refractivity contribution in [3.63, 3.8) is 0 Å². The number of anilines is 1. The highest BCUT2D eigenvalue weighted by molar-refractivity contribution is 7.89. The highest BCUT2D eigenvalue weighted by Crippen LogP contribution is 2.26. The molecule has 158 valence electrons. The molecule has 0 saturated carbocycles. The van der Waals surface area contributed by atoms with Crippen LogP contribution in [0.1, 0.15) is 18.3 Å². The van der Waals surface area contributed by atoms with Gasteiger partial charge in [0.05, 0.1) is 4.90 Å². The van der Waals surface area contributed by atoms with Gasteiger partial charge in [0.15, 0.2) is 0 Å². The number of hydrogen-bond acceptors (Lipinski definition) is 6. The molecule has 1 unspecified atom stereocenters. The third kappa shape index (κ3) is 4.49. The van der Waals surface area contributed by atoms with Gasteiger partial charge in [-0.05, 0) is 48.9 Å². The highest BCUT2D eigenvalue weighted by atomic mass is 35.5. The predicted molar refractivity (Wildman–Crippen MR) is 116 cm³/mol. The van der Waals surface area contributed by atoms with E-state index in [0.717, 1.165) is 10.7 Å². The lowest BCUT2D eigenvalue weighted by molar-refractivity contribution is 0.306. The van der Waals surface area contributed by atoms with Crippen molar-refractivity contribution in [2.75, 3.05) is 24.5 Å². The number of benzene rings is 2. The Labute approximate surface area is 184 Å². The summed E-state index contributed by atoms with van der Waals surface area (Å²) in [5.41, 5.74) is 0.938. The zero-order valence-electron chi connectivity index (χ0n) is 16.2. The van der Waals surface area contributed by atoms with E-state index in [0.29, 0.717) is 36.9 Å². The molecular weight excluding hydrogens is 447 g/mol. The lowest BCUT2D eigenvalue weighted by Gasteiger charge is -2.38. The number of halogens is 2. The van der Waals surface area contributed by atoms with Crippen LogP contribution in [0.2, 0.25) is 5.02 Å². The minimum atomic E-state index is -3.59. The molecule has 0 N–H and O–H groups in total. The van der Waals surface area contributed by atoms with Crippen molar-refractivity contribution < 1.29 is 12.8 Å². The van der Waals surface area contributed by atoms with Crippen LogP contribution in [0.25, 0.3) is 0 Å². The second-order valence-corrected chi connectivity index (χ2v) is 10.2. The minimum Gasteiger partial charge on any atom is -0.344 e. The van der Waals surface area contributed by atoms with Crippen LogP contribution in [0.15, 0.2) is 53.4 Å². The third-order valence-electron chi connectivity index (χ3n) is 4.99. The minimum absolute atomic E-state index is 0.219. The van der Waals surface area contributed by atoms with Crippen LogP contribution in [0.3, 0.4) is 0 Å². The van der Waals surface area contributed by atoms with Crippen molar-refractivity contribution in [1.82, 2.24) is 13.7 Å². The van der Waals surface area contributed by atoms with Gasteiger partial charge in [-0.15, -0.1) is 0 Å². The number of nitrogens with zero attached hydrogens (tertiary/aromatic N) is 4. The molecule has 0 spiro atoms. The van der Waals surface area contributed by atoms with E-state index in [1.54, 1.807) is 24.3 Å². The largest absolute Gasteiger partial charge is 0.344 e. The number of hydrogen-bond donors (Lipinski definition) is 0. The highest BCUT2D eigenvalue weighted by Gasteiger charge is 2.34. The first-order chi connectivity index (χ1) is 14.3. The summed E-state index contributed by atoms with van der Waals surface area (Å²) in [5, 5.41) is 1.27. The smallest absolute Gasteiger partial charge is 0.243 e. The molecular formula is C20H20ClFN4O2S2. The molecule has 2 aromatic carbocycles. The Morgan fingerprint density at radius 3 is 2.50 bits per heavy atom. The molecule has 0 amide bonds. The van der Waals surface area contributed by atoms with Crippen molar-refractivity contribution >= 4 is 38.3 Å². The van der Waals surface area contributed by atoms with Crippen molar-refractivity contribution in [2.24, 2.45) is 0 Å². The van der Waals surface area contributed by atoms with E-state index in [-0.39, 0.29) is 16.8 Å². The van der Waals surface area contributed by atoms with Crippen LogP contribution in [-0.4, -0.2) is 47.8 Å². The van der Waals surface area contributed by atoms with Crippen LogP contribution in [0.5, 0.6) is 0 Å². The zero-order valence-corrected chi connectivity index (χ0v) is 18.6. The van der Waals surface area contributed by atoms with E-state index in [9.17, 15) is 12.8 Å². The first-order valence-electron chi connectivity index (χ1n) is 9.42. The molecule has 1 aliphatic rings. The maximum atomic E-state index is 13.1. The molecule has 1 fully saturated rings. The van der Waals surface area contributed by atoms with Gasteiger partial charge in [0.2, 0.25) is 15.2 Å². The van der Waals surface area contributed by atoms with E-state index < -0.39 is 10.0 Å². The molecule has 2 heterocycles. The van der Waals surface area contributed by atoms with E-state index >= 15 is 0 Å². The molecule has 1 aliphatic heterocycles. The average molecular weight is 467 g/mol. The van der Waals surface area contributed by atoms with Crippen LogP contribution in [-0.2, 0) is 16.4 Å². The Kier molecular flexibility index (Phi) is 6.06. The molecule has 0 bridgehead atoms. The topological polar surface area (TPSA) is 66.4 Å². The SMILES string of the molecule is CC1CN(c2nc(Cc3ccc(F)cc3)ns2)CCN1S(=O)(=O)c1ccc(Cl)cc1. The standard InChI is InChI=1S/C20H20ClFN4O2S2/c1-14-13-25(10-11-26(14)30(27,28)18-8-4-16(21)5-9-18)20-23-19(24-29-20)12-15-2-6-17(22)7-3-15/h2-9,14H,10-13H2,1H3. The number of rotatable bonds is 5. The van der Waals surface area contributed by atoms with Gasteiger partial charge in [-0.2, -0.15) is 8.68 Å².